The molecule has 0 aliphatic carbocycles. The molecular weight excluding hydrogens is 376 g/mol. The number of hydrogen-bond donors (Lipinski definition) is 0. The zero-order valence-electron chi connectivity index (χ0n) is 20.3. The third-order valence-corrected chi connectivity index (χ3v) is 11.2. The Morgan fingerprint density at radius 2 is 1.50 bits per heavy atom. The lowest BCUT2D eigenvalue weighted by molar-refractivity contribution is 1.14. The van der Waals surface area contributed by atoms with Crippen molar-refractivity contribution < 1.29 is 0 Å². The van der Waals surface area contributed by atoms with Gasteiger partial charge in [0, 0.05) is 0 Å². The molecule has 1 unspecified atom stereocenters. The highest BCUT2D eigenvalue weighted by Crippen LogP contribution is 2.37. The smallest absolute Gasteiger partial charge is 0.0961 e. The average Bonchev–Trinajstić information content (AvgIpc) is 2.70. The molecule has 0 fully saturated rings. The molecule has 1 atom stereocenters. The van der Waals surface area contributed by atoms with Crippen molar-refractivity contribution in [2.45, 2.75) is 61.8 Å². The van der Waals surface area contributed by atoms with E-state index in [9.17, 15) is 0 Å². The third-order valence-electron chi connectivity index (χ3n) is 5.50. The molecule has 30 heavy (non-hydrogen) atoms. The number of rotatable bonds is 9. The van der Waals surface area contributed by atoms with Gasteiger partial charge in [0.1, 0.15) is 0 Å². The Hall–Kier alpha value is -2.38. The molecule has 0 spiro atoms. The molecule has 0 aliphatic rings. The lowest BCUT2D eigenvalue weighted by atomic mass is 10.2. The van der Waals surface area contributed by atoms with Gasteiger partial charge in [-0.1, -0.05) is 113 Å². The molecule has 0 amide bonds. The zero-order valence-corrected chi connectivity index (χ0v) is 21.3. The van der Waals surface area contributed by atoms with Crippen LogP contribution >= 0.6 is 0 Å². The van der Waals surface area contributed by atoms with Crippen LogP contribution < -0.4 is 5.19 Å². The van der Waals surface area contributed by atoms with Crippen molar-refractivity contribution in [3.63, 3.8) is 0 Å². The van der Waals surface area contributed by atoms with Crippen LogP contribution in [-0.2, 0) is 0 Å². The van der Waals surface area contributed by atoms with Gasteiger partial charge in [0.05, 0.1) is 0 Å². The first-order chi connectivity index (χ1) is 14.3. The second kappa shape index (κ2) is 12.3. The van der Waals surface area contributed by atoms with Crippen molar-refractivity contribution >= 4 is 13.3 Å². The molecule has 1 aromatic rings. The fourth-order valence-electron chi connectivity index (χ4n) is 4.36. The van der Waals surface area contributed by atoms with Crippen molar-refractivity contribution in [1.29, 1.82) is 0 Å². The Morgan fingerprint density at radius 1 is 0.900 bits per heavy atom. The molecule has 0 nitrogen and oxygen atoms in total. The lowest BCUT2D eigenvalue weighted by Crippen LogP contribution is -2.54. The van der Waals surface area contributed by atoms with E-state index in [1.54, 1.807) is 5.20 Å². The highest BCUT2D eigenvalue weighted by Gasteiger charge is 2.43. The molecular formula is C29H40Si. The Morgan fingerprint density at radius 3 is 1.97 bits per heavy atom. The normalized spacial score (nSPS) is 15.5. The minimum atomic E-state index is -2.39. The standard InChI is InChI=1S/C29H40Si/c1-10-17-25(8)28(12-3)30(27-21-14-13-15-22-27,29(18-11-2)24(6)7)26(9)20-16-19-23(4)5/h10-11,13-22H,4,12H2,1-3,5-9H3. The Bertz CT molecular complexity index is 897. The number of benzene rings is 1. The summed E-state index contributed by atoms with van der Waals surface area (Å²) in [6, 6.07) is 11.2. The van der Waals surface area contributed by atoms with E-state index in [1.165, 1.54) is 26.7 Å². The predicted octanol–water partition coefficient (Wildman–Crippen LogP) is 8.25. The molecule has 0 saturated heterocycles. The van der Waals surface area contributed by atoms with Crippen LogP contribution in [0.15, 0.2) is 112 Å². The van der Waals surface area contributed by atoms with E-state index in [2.05, 4.69) is 128 Å². The Balaban J connectivity index is 4.25. The van der Waals surface area contributed by atoms with Gasteiger partial charge in [0.15, 0.2) is 8.07 Å². The monoisotopic (exact) mass is 416 g/mol. The van der Waals surface area contributed by atoms with Gasteiger partial charge < -0.3 is 0 Å². The van der Waals surface area contributed by atoms with Crippen LogP contribution in [-0.4, -0.2) is 8.07 Å². The van der Waals surface area contributed by atoms with Crippen LogP contribution in [0.25, 0.3) is 0 Å². The summed E-state index contributed by atoms with van der Waals surface area (Å²) in [7, 11) is -2.39. The molecule has 1 rings (SSSR count). The van der Waals surface area contributed by atoms with Crippen LogP contribution in [0.1, 0.15) is 61.8 Å². The first-order valence-electron chi connectivity index (χ1n) is 11.0. The SMILES string of the molecule is C=C(C)C=CC=C(C)[Si](C(C=CC)=C(C)C)(C(CC)=C(C)C=CC)c1ccccc1. The molecule has 0 saturated carbocycles. The summed E-state index contributed by atoms with van der Waals surface area (Å²) in [5.41, 5.74) is 3.84. The minimum Gasteiger partial charge on any atom is -0.0961 e. The van der Waals surface area contributed by atoms with Crippen LogP contribution in [0, 0.1) is 0 Å². The third kappa shape index (κ3) is 5.83. The second-order valence-electron chi connectivity index (χ2n) is 8.10. The molecule has 0 aromatic heterocycles. The van der Waals surface area contributed by atoms with Crippen LogP contribution in [0.2, 0.25) is 0 Å². The van der Waals surface area contributed by atoms with E-state index in [1.807, 2.05) is 6.92 Å². The zero-order chi connectivity index (χ0) is 22.7. The minimum absolute atomic E-state index is 1.03. The van der Waals surface area contributed by atoms with Crippen molar-refractivity contribution in [3.05, 3.63) is 112 Å². The number of hydrogen-bond acceptors (Lipinski definition) is 0. The first kappa shape index (κ1) is 25.7. The highest BCUT2D eigenvalue weighted by molar-refractivity contribution is 7.08. The van der Waals surface area contributed by atoms with Gasteiger partial charge in [-0.3, -0.25) is 0 Å². The van der Waals surface area contributed by atoms with Gasteiger partial charge in [-0.2, -0.15) is 0 Å². The first-order valence-corrected chi connectivity index (χ1v) is 13.0. The molecule has 0 N–H and O–H groups in total. The van der Waals surface area contributed by atoms with Gasteiger partial charge in [-0.25, -0.2) is 0 Å². The molecule has 1 aromatic carbocycles. The summed E-state index contributed by atoms with van der Waals surface area (Å²) < 4.78 is 0. The Labute approximate surface area is 186 Å². The second-order valence-corrected chi connectivity index (χ2v) is 12.1. The van der Waals surface area contributed by atoms with Gasteiger partial charge >= 0.3 is 0 Å². The van der Waals surface area contributed by atoms with Gasteiger partial charge in [-0.15, -0.1) is 0 Å². The van der Waals surface area contributed by atoms with Gasteiger partial charge in [0.2, 0.25) is 0 Å². The fraction of sp³-hybridized carbons (Fsp3) is 0.310. The predicted molar refractivity (Wildman–Crippen MR) is 141 cm³/mol. The average molecular weight is 417 g/mol. The van der Waals surface area contributed by atoms with E-state index >= 15 is 0 Å². The summed E-state index contributed by atoms with van der Waals surface area (Å²) in [6.07, 6.45) is 16.6. The summed E-state index contributed by atoms with van der Waals surface area (Å²) in [6.45, 7) is 21.7. The van der Waals surface area contributed by atoms with E-state index in [0.717, 1.165) is 12.0 Å². The van der Waals surface area contributed by atoms with Crippen molar-refractivity contribution in [3.8, 4) is 0 Å². The fourth-order valence-corrected chi connectivity index (χ4v) is 10.1. The maximum atomic E-state index is 4.03. The quantitative estimate of drug-likeness (QED) is 0.281. The van der Waals surface area contributed by atoms with Crippen molar-refractivity contribution in [1.82, 2.24) is 0 Å². The van der Waals surface area contributed by atoms with Crippen LogP contribution in [0.4, 0.5) is 0 Å². The van der Waals surface area contributed by atoms with E-state index < -0.39 is 8.07 Å². The topological polar surface area (TPSA) is 0 Å². The largest absolute Gasteiger partial charge is 0.171 e. The maximum absolute atomic E-state index is 4.03. The summed E-state index contributed by atoms with van der Waals surface area (Å²) >= 11 is 0. The molecule has 0 radical (unpaired) electrons. The molecule has 0 heterocycles. The van der Waals surface area contributed by atoms with Crippen LogP contribution in [0.5, 0.6) is 0 Å². The summed E-state index contributed by atoms with van der Waals surface area (Å²) in [5.74, 6) is 0. The van der Waals surface area contributed by atoms with Crippen molar-refractivity contribution in [2.75, 3.05) is 0 Å². The Kier molecular flexibility index (Phi) is 10.6. The van der Waals surface area contributed by atoms with Crippen molar-refractivity contribution in [2.24, 2.45) is 0 Å². The van der Waals surface area contributed by atoms with E-state index in [4.69, 9.17) is 0 Å². The maximum Gasteiger partial charge on any atom is 0.171 e. The number of allylic oxidation sites excluding steroid dienone is 13. The highest BCUT2D eigenvalue weighted by atomic mass is 28.3. The van der Waals surface area contributed by atoms with E-state index in [-0.39, 0.29) is 0 Å². The van der Waals surface area contributed by atoms with Crippen LogP contribution in [0.3, 0.4) is 0 Å². The van der Waals surface area contributed by atoms with Gasteiger partial charge in [0.25, 0.3) is 0 Å². The van der Waals surface area contributed by atoms with Gasteiger partial charge in [-0.05, 0) is 65.3 Å². The summed E-state index contributed by atoms with van der Waals surface area (Å²) in [4.78, 5) is 0. The molecule has 0 bridgehead atoms. The van der Waals surface area contributed by atoms with E-state index in [0.29, 0.717) is 0 Å². The lowest BCUT2D eigenvalue weighted by Gasteiger charge is -2.39. The molecule has 1 heteroatoms. The molecule has 0 aliphatic heterocycles. The molecule has 160 valence electrons. The summed E-state index contributed by atoms with van der Waals surface area (Å²) in [5, 5.41) is 5.94.